The van der Waals surface area contributed by atoms with E-state index < -0.39 is 26.1 Å². The number of carbonyl (C=O) groups is 1. The topological polar surface area (TPSA) is 95.1 Å². The van der Waals surface area contributed by atoms with Crippen molar-refractivity contribution in [3.63, 3.8) is 0 Å². The Morgan fingerprint density at radius 1 is 1.14 bits per heavy atom. The maximum absolute atomic E-state index is 13.0. The Morgan fingerprint density at radius 3 is 2.43 bits per heavy atom. The lowest BCUT2D eigenvalue weighted by atomic mass is 10.1. The van der Waals surface area contributed by atoms with E-state index in [4.69, 9.17) is 0 Å². The molecule has 0 aromatic heterocycles. The molecule has 8 nitrogen and oxygen atoms in total. The highest BCUT2D eigenvalue weighted by Gasteiger charge is 2.40. The molecule has 1 saturated heterocycles. The zero-order chi connectivity index (χ0) is 20.7. The van der Waals surface area contributed by atoms with Crippen molar-refractivity contribution in [3.8, 4) is 0 Å². The van der Waals surface area contributed by atoms with Gasteiger partial charge in [-0.15, -0.1) is 0 Å². The highest BCUT2D eigenvalue weighted by molar-refractivity contribution is 7.89. The Bertz CT molecular complexity index is 971. The molecule has 2 aliphatic rings. The third-order valence-electron chi connectivity index (χ3n) is 5.47. The van der Waals surface area contributed by atoms with E-state index in [0.717, 1.165) is 11.8 Å². The summed E-state index contributed by atoms with van der Waals surface area (Å²) >= 11 is 0. The molecule has 0 bridgehead atoms. The van der Waals surface area contributed by atoms with Gasteiger partial charge in [-0.05, 0) is 43.0 Å². The van der Waals surface area contributed by atoms with Crippen molar-refractivity contribution in [2.75, 3.05) is 37.3 Å². The van der Waals surface area contributed by atoms with Crippen LogP contribution in [0.5, 0.6) is 0 Å². The molecule has 2 heterocycles. The zero-order valence-electron chi connectivity index (χ0n) is 16.5. The average Bonchev–Trinajstić information content (AvgIpc) is 3.28. The molecule has 1 unspecified atom stereocenters. The molecule has 1 aromatic carbocycles. The van der Waals surface area contributed by atoms with Crippen molar-refractivity contribution in [1.29, 1.82) is 0 Å². The van der Waals surface area contributed by atoms with Crippen LogP contribution in [-0.4, -0.2) is 69.8 Å². The molecule has 1 aromatic rings. The normalized spacial score (nSPS) is 20.7. The van der Waals surface area contributed by atoms with Crippen LogP contribution in [0.25, 0.3) is 0 Å². The minimum atomic E-state index is -3.56. The van der Waals surface area contributed by atoms with Crippen LogP contribution < -0.4 is 4.90 Å². The predicted octanol–water partition coefficient (Wildman–Crippen LogP) is 1.03. The van der Waals surface area contributed by atoms with Crippen molar-refractivity contribution in [3.05, 3.63) is 23.8 Å². The summed E-state index contributed by atoms with van der Waals surface area (Å²) in [6, 6.07) is 4.15. The molecule has 0 radical (unpaired) electrons. The van der Waals surface area contributed by atoms with E-state index in [1.54, 1.807) is 30.9 Å². The van der Waals surface area contributed by atoms with Gasteiger partial charge in [0.15, 0.2) is 0 Å². The summed E-state index contributed by atoms with van der Waals surface area (Å²) in [5.41, 5.74) is 1.47. The van der Waals surface area contributed by atoms with Gasteiger partial charge in [0.05, 0.1) is 11.2 Å². The summed E-state index contributed by atoms with van der Waals surface area (Å²) in [4.78, 5) is 14.9. The number of amides is 1. The van der Waals surface area contributed by atoms with Crippen LogP contribution in [0.15, 0.2) is 23.1 Å². The first kappa shape index (κ1) is 21.2. The lowest BCUT2D eigenvalue weighted by molar-refractivity contribution is -0.121. The number of hydrogen-bond donors (Lipinski definition) is 0. The van der Waals surface area contributed by atoms with Crippen LogP contribution in [-0.2, 0) is 31.3 Å². The van der Waals surface area contributed by atoms with Crippen molar-refractivity contribution in [2.24, 2.45) is 0 Å². The van der Waals surface area contributed by atoms with Gasteiger partial charge in [0, 0.05) is 31.9 Å². The molecule has 0 spiro atoms. The molecule has 156 valence electrons. The molecule has 1 fully saturated rings. The Hall–Kier alpha value is -1.49. The monoisotopic (exact) mass is 429 g/mol. The molecule has 3 rings (SSSR count). The van der Waals surface area contributed by atoms with E-state index in [0.29, 0.717) is 51.1 Å². The predicted molar refractivity (Wildman–Crippen MR) is 107 cm³/mol. The number of sulfonamides is 2. The summed E-state index contributed by atoms with van der Waals surface area (Å²) in [6.45, 7) is 5.16. The van der Waals surface area contributed by atoms with Gasteiger partial charge in [-0.1, -0.05) is 13.8 Å². The number of hydrogen-bond acceptors (Lipinski definition) is 5. The Kier molecular flexibility index (Phi) is 5.86. The first-order chi connectivity index (χ1) is 13.1. The molecule has 0 N–H and O–H groups in total. The number of nitrogens with zero attached hydrogens (tertiary/aromatic N) is 3. The first-order valence-corrected chi connectivity index (χ1v) is 12.8. The molecule has 28 heavy (non-hydrogen) atoms. The summed E-state index contributed by atoms with van der Waals surface area (Å²) in [5.74, 6) is -0.235. The fourth-order valence-electron chi connectivity index (χ4n) is 4.04. The van der Waals surface area contributed by atoms with Crippen molar-refractivity contribution in [1.82, 2.24) is 8.61 Å². The van der Waals surface area contributed by atoms with Crippen LogP contribution in [0.2, 0.25) is 0 Å². The summed E-state index contributed by atoms with van der Waals surface area (Å²) in [5, 5.41) is 0. The van der Waals surface area contributed by atoms with E-state index in [1.807, 2.05) is 0 Å². The Balaban J connectivity index is 1.88. The average molecular weight is 430 g/mol. The van der Waals surface area contributed by atoms with Crippen LogP contribution in [0.1, 0.15) is 32.3 Å². The minimum Gasteiger partial charge on any atom is -0.310 e. The van der Waals surface area contributed by atoms with Crippen LogP contribution in [0.3, 0.4) is 0 Å². The largest absolute Gasteiger partial charge is 0.310 e. The smallest absolute Gasteiger partial charge is 0.245 e. The molecule has 0 aliphatic carbocycles. The first-order valence-electron chi connectivity index (χ1n) is 9.52. The third kappa shape index (κ3) is 3.70. The number of anilines is 1. The molecule has 2 aliphatic heterocycles. The van der Waals surface area contributed by atoms with E-state index in [-0.39, 0.29) is 10.8 Å². The molecular formula is C18H27N3O5S2. The molecule has 0 saturated carbocycles. The van der Waals surface area contributed by atoms with Gasteiger partial charge < -0.3 is 4.90 Å². The maximum atomic E-state index is 13.0. The van der Waals surface area contributed by atoms with Crippen molar-refractivity contribution in [2.45, 2.75) is 44.0 Å². The fourth-order valence-corrected chi connectivity index (χ4v) is 6.67. The number of benzene rings is 1. The van der Waals surface area contributed by atoms with Gasteiger partial charge in [0.1, 0.15) is 6.04 Å². The highest BCUT2D eigenvalue weighted by atomic mass is 32.2. The van der Waals surface area contributed by atoms with E-state index in [1.165, 1.54) is 14.7 Å². The van der Waals surface area contributed by atoms with Crippen LogP contribution in [0.4, 0.5) is 5.69 Å². The number of carbonyl (C=O) groups excluding carboxylic acids is 1. The highest BCUT2D eigenvalue weighted by Crippen LogP contribution is 2.33. The van der Waals surface area contributed by atoms with Gasteiger partial charge in [-0.3, -0.25) is 4.79 Å². The van der Waals surface area contributed by atoms with Crippen LogP contribution >= 0.6 is 0 Å². The van der Waals surface area contributed by atoms with Gasteiger partial charge in [0.25, 0.3) is 0 Å². The van der Waals surface area contributed by atoms with Crippen LogP contribution in [0, 0.1) is 0 Å². The SMILES string of the molecule is CCN(CC)S(=O)(=O)c1ccc2c(c1)CCN2C(=O)C1CCCN1S(C)(=O)=O. The Labute approximate surface area is 167 Å². The second-order valence-corrected chi connectivity index (χ2v) is 11.0. The van der Waals surface area contributed by atoms with Crippen molar-refractivity contribution >= 4 is 31.6 Å². The third-order valence-corrected chi connectivity index (χ3v) is 8.81. The molecule has 1 atom stereocenters. The summed E-state index contributed by atoms with van der Waals surface area (Å²) < 4.78 is 52.1. The molecule has 1 amide bonds. The lowest BCUT2D eigenvalue weighted by Gasteiger charge is -2.26. The standard InChI is InChI=1S/C18H27N3O5S2/c1-4-19(5-2)28(25,26)15-8-9-16-14(13-15)10-12-20(16)18(22)17-7-6-11-21(17)27(3,23)24/h8-9,13,17H,4-7,10-12H2,1-3H3. The summed E-state index contributed by atoms with van der Waals surface area (Å²) in [6.07, 6.45) is 2.84. The quantitative estimate of drug-likeness (QED) is 0.673. The van der Waals surface area contributed by atoms with E-state index in [9.17, 15) is 21.6 Å². The van der Waals surface area contributed by atoms with Crippen molar-refractivity contribution < 1.29 is 21.6 Å². The van der Waals surface area contributed by atoms with Gasteiger partial charge in [-0.2, -0.15) is 8.61 Å². The molecular weight excluding hydrogens is 402 g/mol. The number of fused-ring (bicyclic) bond motifs is 1. The van der Waals surface area contributed by atoms with Gasteiger partial charge in [-0.25, -0.2) is 16.8 Å². The van der Waals surface area contributed by atoms with E-state index >= 15 is 0 Å². The second-order valence-electron chi connectivity index (χ2n) is 7.15. The fraction of sp³-hybridized carbons (Fsp3) is 0.611. The minimum absolute atomic E-state index is 0.225. The van der Waals surface area contributed by atoms with E-state index in [2.05, 4.69) is 0 Å². The number of rotatable bonds is 6. The van der Waals surface area contributed by atoms with Gasteiger partial charge >= 0.3 is 0 Å². The zero-order valence-corrected chi connectivity index (χ0v) is 18.1. The second kappa shape index (κ2) is 7.74. The molecule has 10 heteroatoms. The summed E-state index contributed by atoms with van der Waals surface area (Å²) in [7, 11) is -7.01. The van der Waals surface area contributed by atoms with Gasteiger partial charge in [0.2, 0.25) is 26.0 Å². The maximum Gasteiger partial charge on any atom is 0.245 e. The Morgan fingerprint density at radius 2 is 1.82 bits per heavy atom. The lowest BCUT2D eigenvalue weighted by Crippen LogP contribution is -2.47.